The van der Waals surface area contributed by atoms with Crippen molar-refractivity contribution in [2.24, 2.45) is 11.8 Å². The molecule has 214 valence electrons. The van der Waals surface area contributed by atoms with Crippen LogP contribution in [0.15, 0.2) is 36.5 Å². The zero-order valence-electron chi connectivity index (χ0n) is 22.5. The molecule has 13 heteroatoms. The molecule has 0 unspecified atom stereocenters. The Morgan fingerprint density at radius 3 is 2.48 bits per heavy atom. The number of likely N-dealkylation sites (N-methyl/N-ethyl adjacent to an activating group) is 1. The van der Waals surface area contributed by atoms with Gasteiger partial charge in [-0.2, -0.15) is 4.98 Å². The number of carbonyl (C=O) groups is 1. The topological polar surface area (TPSA) is 141 Å². The second kappa shape index (κ2) is 11.9. The molecule has 1 aromatic carbocycles. The van der Waals surface area contributed by atoms with Gasteiger partial charge in [-0.3, -0.25) is 4.79 Å². The summed E-state index contributed by atoms with van der Waals surface area (Å²) in [5.41, 5.74) is 2.04. The number of hydrogen-bond acceptors (Lipinski definition) is 10. The fourth-order valence-electron chi connectivity index (χ4n) is 4.28. The average Bonchev–Trinajstić information content (AvgIpc) is 3.40. The minimum atomic E-state index is -1.61. The van der Waals surface area contributed by atoms with E-state index in [-0.39, 0.29) is 36.8 Å². The number of rotatable bonds is 9. The summed E-state index contributed by atoms with van der Waals surface area (Å²) in [7, 11) is 3.88. The van der Waals surface area contributed by atoms with Crippen LogP contribution in [0.3, 0.4) is 0 Å². The Morgan fingerprint density at radius 1 is 1.12 bits per heavy atom. The maximum Gasteiger partial charge on any atom is 0.316 e. The van der Waals surface area contributed by atoms with Crippen LogP contribution in [0.4, 0.5) is 4.39 Å². The number of nitrogens with one attached hydrogen (secondary N) is 1. The standard InChI is InChI=1S/C27H32FN5O7/c1-16-12-39-27(40-13-16,25-37-14-18(15-38-25)23(34)35)24-31-21(17-4-6-19(28)7-5-17)22(32-24)20-8-9-29-26(30-20)36-11-10-33(2)3/h4-9,16,18,25H,10-15H2,1-3H3,(H,31,32)(H,34,35). The smallest absolute Gasteiger partial charge is 0.316 e. The predicted molar refractivity (Wildman–Crippen MR) is 139 cm³/mol. The van der Waals surface area contributed by atoms with Crippen LogP contribution in [0, 0.1) is 17.7 Å². The first kappa shape index (κ1) is 28.1. The van der Waals surface area contributed by atoms with Crippen molar-refractivity contribution < 1.29 is 38.0 Å². The van der Waals surface area contributed by atoms with Crippen molar-refractivity contribution in [2.45, 2.75) is 19.0 Å². The van der Waals surface area contributed by atoms with Gasteiger partial charge in [-0.1, -0.05) is 6.92 Å². The second-order valence-corrected chi connectivity index (χ2v) is 10.1. The zero-order valence-corrected chi connectivity index (χ0v) is 22.5. The third-order valence-corrected chi connectivity index (χ3v) is 6.53. The first-order valence-corrected chi connectivity index (χ1v) is 13.0. The fourth-order valence-corrected chi connectivity index (χ4v) is 4.28. The number of nitrogens with zero attached hydrogens (tertiary/aromatic N) is 4. The van der Waals surface area contributed by atoms with Crippen molar-refractivity contribution in [3.8, 4) is 28.7 Å². The van der Waals surface area contributed by atoms with Crippen molar-refractivity contribution in [3.05, 3.63) is 48.2 Å². The fraction of sp³-hybridized carbons (Fsp3) is 0.481. The molecule has 0 bridgehead atoms. The molecular formula is C27H32FN5O7. The lowest BCUT2D eigenvalue weighted by molar-refractivity contribution is -0.401. The SMILES string of the molecule is CC1COC(c2nc(-c3ccc(F)cc3)c(-c3ccnc(OCCN(C)C)n3)[nH]2)(C2OCC(C(=O)O)CO2)OC1. The molecule has 2 N–H and O–H groups in total. The molecule has 2 fully saturated rings. The lowest BCUT2D eigenvalue weighted by Gasteiger charge is -2.43. The van der Waals surface area contributed by atoms with Crippen LogP contribution < -0.4 is 4.74 Å². The average molecular weight is 558 g/mol. The van der Waals surface area contributed by atoms with E-state index in [0.717, 1.165) is 0 Å². The van der Waals surface area contributed by atoms with Gasteiger partial charge in [0.2, 0.25) is 6.29 Å². The maximum absolute atomic E-state index is 13.8. The molecule has 0 radical (unpaired) electrons. The highest BCUT2D eigenvalue weighted by atomic mass is 19.1. The highest BCUT2D eigenvalue weighted by Gasteiger charge is 2.53. The van der Waals surface area contributed by atoms with Crippen molar-refractivity contribution in [1.82, 2.24) is 24.8 Å². The lowest BCUT2D eigenvalue weighted by Crippen LogP contribution is -2.55. The van der Waals surface area contributed by atoms with Crippen molar-refractivity contribution in [3.63, 3.8) is 0 Å². The predicted octanol–water partition coefficient (Wildman–Crippen LogP) is 2.52. The third-order valence-electron chi connectivity index (χ3n) is 6.53. The largest absolute Gasteiger partial charge is 0.481 e. The van der Waals surface area contributed by atoms with Crippen LogP contribution in [0.25, 0.3) is 22.6 Å². The number of aromatic amines is 1. The Bertz CT molecular complexity index is 1300. The normalized spacial score (nSPS) is 25.2. The Morgan fingerprint density at radius 2 is 1.82 bits per heavy atom. The minimum absolute atomic E-state index is 0.0814. The number of aromatic nitrogens is 4. The van der Waals surface area contributed by atoms with E-state index >= 15 is 0 Å². The van der Waals surface area contributed by atoms with Crippen LogP contribution in [0.2, 0.25) is 0 Å². The molecule has 2 saturated heterocycles. The Balaban J connectivity index is 1.55. The molecule has 2 aliphatic heterocycles. The summed E-state index contributed by atoms with van der Waals surface area (Å²) in [4.78, 5) is 30.3. The molecule has 0 aliphatic carbocycles. The summed E-state index contributed by atoms with van der Waals surface area (Å²) in [5.74, 6) is -3.50. The second-order valence-electron chi connectivity index (χ2n) is 10.1. The molecule has 3 aromatic rings. The van der Waals surface area contributed by atoms with Gasteiger partial charge in [-0.15, -0.1) is 0 Å². The number of carboxylic acids is 1. The number of benzene rings is 1. The van der Waals surface area contributed by atoms with E-state index in [4.69, 9.17) is 28.7 Å². The maximum atomic E-state index is 13.8. The van der Waals surface area contributed by atoms with Crippen LogP contribution in [-0.2, 0) is 29.5 Å². The number of aliphatic carboxylic acids is 1. The van der Waals surface area contributed by atoms with Crippen LogP contribution in [-0.4, -0.2) is 95.9 Å². The molecule has 0 spiro atoms. The molecule has 4 heterocycles. The number of ether oxygens (including phenoxy) is 5. The van der Waals surface area contributed by atoms with Gasteiger partial charge in [-0.05, 0) is 44.4 Å². The third kappa shape index (κ3) is 5.98. The van der Waals surface area contributed by atoms with E-state index in [1.807, 2.05) is 25.9 Å². The monoisotopic (exact) mass is 557 g/mol. The first-order chi connectivity index (χ1) is 19.2. The molecule has 0 saturated carbocycles. The molecule has 12 nitrogen and oxygen atoms in total. The van der Waals surface area contributed by atoms with Gasteiger partial charge in [-0.25, -0.2) is 14.4 Å². The molecule has 2 aromatic heterocycles. The number of hydrogen-bond donors (Lipinski definition) is 2. The summed E-state index contributed by atoms with van der Waals surface area (Å²) in [6.07, 6.45) is 0.484. The van der Waals surface area contributed by atoms with Crippen LogP contribution in [0.5, 0.6) is 6.01 Å². The highest BCUT2D eigenvalue weighted by molar-refractivity contribution is 5.77. The molecule has 2 aliphatic rings. The van der Waals surface area contributed by atoms with Gasteiger partial charge in [0, 0.05) is 24.2 Å². The summed E-state index contributed by atoms with van der Waals surface area (Å²) in [5, 5.41) is 9.37. The lowest BCUT2D eigenvalue weighted by atomic mass is 10.1. The molecule has 40 heavy (non-hydrogen) atoms. The van der Waals surface area contributed by atoms with E-state index in [0.29, 0.717) is 49.0 Å². The summed E-state index contributed by atoms with van der Waals surface area (Å²) in [6, 6.07) is 7.79. The summed E-state index contributed by atoms with van der Waals surface area (Å²) < 4.78 is 43.6. The van der Waals surface area contributed by atoms with Crippen molar-refractivity contribution >= 4 is 5.97 Å². The Labute approximate surface area is 230 Å². The molecular weight excluding hydrogens is 525 g/mol. The quantitative estimate of drug-likeness (QED) is 0.401. The van der Waals surface area contributed by atoms with Crippen molar-refractivity contribution in [2.75, 3.05) is 53.7 Å². The Kier molecular flexibility index (Phi) is 8.38. The highest BCUT2D eigenvalue weighted by Crippen LogP contribution is 2.41. The van der Waals surface area contributed by atoms with E-state index < -0.39 is 24.0 Å². The Hall–Kier alpha value is -3.49. The summed E-state index contributed by atoms with van der Waals surface area (Å²) >= 11 is 0. The number of imidazole rings is 1. The molecule has 0 amide bonds. The molecule has 5 rings (SSSR count). The van der Waals surface area contributed by atoms with E-state index in [1.165, 1.54) is 12.1 Å². The van der Waals surface area contributed by atoms with Gasteiger partial charge in [0.25, 0.3) is 5.79 Å². The molecule has 0 atom stereocenters. The minimum Gasteiger partial charge on any atom is -0.481 e. The van der Waals surface area contributed by atoms with Gasteiger partial charge >= 0.3 is 12.0 Å². The number of carboxylic acid groups (broad SMARTS) is 1. The van der Waals surface area contributed by atoms with E-state index in [9.17, 15) is 14.3 Å². The van der Waals surface area contributed by atoms with Crippen molar-refractivity contribution in [1.29, 1.82) is 0 Å². The van der Waals surface area contributed by atoms with Crippen LogP contribution in [0.1, 0.15) is 12.7 Å². The van der Waals surface area contributed by atoms with Crippen LogP contribution >= 0.6 is 0 Å². The number of halogens is 1. The van der Waals surface area contributed by atoms with Gasteiger partial charge in [0.15, 0.2) is 5.82 Å². The first-order valence-electron chi connectivity index (χ1n) is 13.0. The van der Waals surface area contributed by atoms with E-state index in [1.54, 1.807) is 24.4 Å². The summed E-state index contributed by atoms with van der Waals surface area (Å²) in [6.45, 7) is 3.54. The van der Waals surface area contributed by atoms with E-state index in [2.05, 4.69) is 15.0 Å². The van der Waals surface area contributed by atoms with Gasteiger partial charge in [0.1, 0.15) is 18.3 Å². The van der Waals surface area contributed by atoms with Gasteiger partial charge in [0.05, 0.1) is 43.5 Å². The number of H-pyrrole nitrogens is 1. The van der Waals surface area contributed by atoms with Gasteiger partial charge < -0.3 is 38.7 Å². The zero-order chi connectivity index (χ0) is 28.3.